The molecule has 0 radical (unpaired) electrons. The van der Waals surface area contributed by atoms with Crippen LogP contribution in [0, 0.1) is 11.3 Å². The van der Waals surface area contributed by atoms with Crippen molar-refractivity contribution in [3.8, 4) is 6.07 Å². The number of methoxy groups -OCH3 is 1. The molecule has 0 aliphatic carbocycles. The molecule has 26 heavy (non-hydrogen) atoms. The van der Waals surface area contributed by atoms with Gasteiger partial charge in [0.15, 0.2) is 5.16 Å². The van der Waals surface area contributed by atoms with E-state index >= 15 is 0 Å². The number of ether oxygens (including phenoxy) is 1. The van der Waals surface area contributed by atoms with E-state index in [1.165, 1.54) is 11.8 Å². The Morgan fingerprint density at radius 2 is 2.08 bits per heavy atom. The van der Waals surface area contributed by atoms with Crippen LogP contribution in [0.25, 0.3) is 10.9 Å². The number of hydrogen-bond acceptors (Lipinski definition) is 5. The first-order valence-corrected chi connectivity index (χ1v) is 9.32. The van der Waals surface area contributed by atoms with Gasteiger partial charge in [0.1, 0.15) is 0 Å². The van der Waals surface area contributed by atoms with Crippen molar-refractivity contribution in [2.45, 2.75) is 23.9 Å². The lowest BCUT2D eigenvalue weighted by molar-refractivity contribution is 0.189. The fourth-order valence-corrected chi connectivity index (χ4v) is 3.67. The highest BCUT2D eigenvalue weighted by molar-refractivity contribution is 7.98. The molecule has 5 nitrogen and oxygen atoms in total. The van der Waals surface area contributed by atoms with Crippen molar-refractivity contribution in [2.24, 2.45) is 0 Å². The molecule has 0 N–H and O–H groups in total. The Morgan fingerprint density at radius 3 is 2.88 bits per heavy atom. The van der Waals surface area contributed by atoms with Gasteiger partial charge >= 0.3 is 0 Å². The van der Waals surface area contributed by atoms with Crippen molar-refractivity contribution in [1.29, 1.82) is 5.26 Å². The van der Waals surface area contributed by atoms with E-state index in [1.54, 1.807) is 17.7 Å². The first kappa shape index (κ1) is 18.2. The summed E-state index contributed by atoms with van der Waals surface area (Å²) in [6, 6.07) is 17.0. The molecule has 2 aromatic carbocycles. The lowest BCUT2D eigenvalue weighted by atomic mass is 10.2. The first-order chi connectivity index (χ1) is 12.7. The van der Waals surface area contributed by atoms with Gasteiger partial charge in [-0.2, -0.15) is 5.26 Å². The van der Waals surface area contributed by atoms with Gasteiger partial charge in [0.2, 0.25) is 0 Å². The van der Waals surface area contributed by atoms with Crippen LogP contribution in [0.1, 0.15) is 17.5 Å². The van der Waals surface area contributed by atoms with E-state index in [0.29, 0.717) is 40.5 Å². The standard InChI is InChI=1S/C20H19N3O2S/c1-25-11-5-10-23-19(24)17-8-2-3-9-18(17)22-20(23)26-14-16-7-4-6-15(12-16)13-21/h2-4,6-9,12H,5,10-11,14H2,1H3. The molecule has 0 bridgehead atoms. The second kappa shape index (κ2) is 8.65. The third-order valence-electron chi connectivity index (χ3n) is 3.98. The monoisotopic (exact) mass is 365 g/mol. The molecular weight excluding hydrogens is 346 g/mol. The number of para-hydroxylation sites is 1. The van der Waals surface area contributed by atoms with Crippen LogP contribution in [0.4, 0.5) is 0 Å². The summed E-state index contributed by atoms with van der Waals surface area (Å²) in [5, 5.41) is 10.4. The Kier molecular flexibility index (Phi) is 6.05. The summed E-state index contributed by atoms with van der Waals surface area (Å²) in [4.78, 5) is 17.6. The van der Waals surface area contributed by atoms with Crippen molar-refractivity contribution >= 4 is 22.7 Å². The molecule has 1 heterocycles. The van der Waals surface area contributed by atoms with Gasteiger partial charge < -0.3 is 4.74 Å². The summed E-state index contributed by atoms with van der Waals surface area (Å²) in [6.45, 7) is 1.15. The first-order valence-electron chi connectivity index (χ1n) is 8.33. The Morgan fingerprint density at radius 1 is 1.23 bits per heavy atom. The molecule has 0 atom stereocenters. The summed E-state index contributed by atoms with van der Waals surface area (Å²) in [7, 11) is 1.65. The average molecular weight is 365 g/mol. The van der Waals surface area contributed by atoms with Gasteiger partial charge in [-0.1, -0.05) is 36.0 Å². The van der Waals surface area contributed by atoms with Crippen LogP contribution >= 0.6 is 11.8 Å². The van der Waals surface area contributed by atoms with Crippen molar-refractivity contribution in [3.05, 3.63) is 70.0 Å². The zero-order valence-electron chi connectivity index (χ0n) is 14.5. The number of fused-ring (bicyclic) bond motifs is 1. The smallest absolute Gasteiger partial charge is 0.262 e. The number of hydrogen-bond donors (Lipinski definition) is 0. The minimum atomic E-state index is -0.0278. The zero-order valence-corrected chi connectivity index (χ0v) is 15.3. The fraction of sp³-hybridized carbons (Fsp3) is 0.250. The predicted octanol–water partition coefficient (Wildman–Crippen LogP) is 3.60. The maximum Gasteiger partial charge on any atom is 0.262 e. The normalized spacial score (nSPS) is 10.8. The number of thioether (sulfide) groups is 1. The maximum atomic E-state index is 12.9. The predicted molar refractivity (Wildman–Crippen MR) is 103 cm³/mol. The topological polar surface area (TPSA) is 67.9 Å². The zero-order chi connectivity index (χ0) is 18.4. The van der Waals surface area contributed by atoms with Crippen molar-refractivity contribution in [3.63, 3.8) is 0 Å². The summed E-state index contributed by atoms with van der Waals surface area (Å²) in [5.41, 5.74) is 2.33. The quantitative estimate of drug-likeness (QED) is 0.364. The van der Waals surface area contributed by atoms with Crippen LogP contribution < -0.4 is 5.56 Å². The molecule has 0 amide bonds. The van der Waals surface area contributed by atoms with Gasteiger partial charge in [-0.15, -0.1) is 0 Å². The van der Waals surface area contributed by atoms with Gasteiger partial charge in [0.25, 0.3) is 5.56 Å². The van der Waals surface area contributed by atoms with Gasteiger partial charge in [-0.05, 0) is 36.2 Å². The summed E-state index contributed by atoms with van der Waals surface area (Å²) in [5.74, 6) is 0.643. The van der Waals surface area contributed by atoms with E-state index in [4.69, 9.17) is 15.0 Å². The minimum Gasteiger partial charge on any atom is -0.385 e. The second-order valence-electron chi connectivity index (χ2n) is 5.82. The van der Waals surface area contributed by atoms with Crippen LogP contribution in [0.3, 0.4) is 0 Å². The average Bonchev–Trinajstić information content (AvgIpc) is 2.68. The number of rotatable bonds is 7. The van der Waals surface area contributed by atoms with Gasteiger partial charge in [0, 0.05) is 26.0 Å². The molecule has 3 aromatic rings. The van der Waals surface area contributed by atoms with E-state index in [9.17, 15) is 4.79 Å². The lowest BCUT2D eigenvalue weighted by Gasteiger charge is -2.13. The molecule has 132 valence electrons. The molecule has 0 aliphatic rings. The molecule has 0 fully saturated rings. The highest BCUT2D eigenvalue weighted by Crippen LogP contribution is 2.23. The van der Waals surface area contributed by atoms with Gasteiger partial charge in [-0.3, -0.25) is 9.36 Å². The molecule has 0 spiro atoms. The van der Waals surface area contributed by atoms with Crippen LogP contribution in [0.15, 0.2) is 58.5 Å². The Hall–Kier alpha value is -2.62. The van der Waals surface area contributed by atoms with Crippen LogP contribution in [0.5, 0.6) is 0 Å². The maximum absolute atomic E-state index is 12.9. The molecular formula is C20H19N3O2S. The lowest BCUT2D eigenvalue weighted by Crippen LogP contribution is -2.24. The van der Waals surface area contributed by atoms with Crippen molar-refractivity contribution in [1.82, 2.24) is 9.55 Å². The molecule has 0 aliphatic heterocycles. The molecule has 3 rings (SSSR count). The fourth-order valence-electron chi connectivity index (χ4n) is 2.70. The summed E-state index contributed by atoms with van der Waals surface area (Å²) < 4.78 is 6.83. The molecule has 0 unspecified atom stereocenters. The van der Waals surface area contributed by atoms with Crippen LogP contribution in [-0.4, -0.2) is 23.3 Å². The molecule has 0 saturated heterocycles. The minimum absolute atomic E-state index is 0.0278. The molecule has 1 aromatic heterocycles. The highest BCUT2D eigenvalue weighted by Gasteiger charge is 2.11. The Balaban J connectivity index is 1.93. The van der Waals surface area contributed by atoms with Crippen molar-refractivity contribution in [2.75, 3.05) is 13.7 Å². The van der Waals surface area contributed by atoms with E-state index in [-0.39, 0.29) is 5.56 Å². The van der Waals surface area contributed by atoms with E-state index in [0.717, 1.165) is 12.0 Å². The van der Waals surface area contributed by atoms with Gasteiger partial charge in [0.05, 0.1) is 22.5 Å². The number of nitriles is 1. The Bertz CT molecular complexity index is 1010. The third-order valence-corrected chi connectivity index (χ3v) is 5.03. The molecule has 6 heteroatoms. The Labute approximate surface area is 156 Å². The number of nitrogens with zero attached hydrogens (tertiary/aromatic N) is 3. The van der Waals surface area contributed by atoms with Crippen LogP contribution in [-0.2, 0) is 17.0 Å². The third kappa shape index (κ3) is 4.13. The summed E-state index contributed by atoms with van der Waals surface area (Å²) in [6.07, 6.45) is 0.744. The van der Waals surface area contributed by atoms with E-state index in [2.05, 4.69) is 6.07 Å². The van der Waals surface area contributed by atoms with Crippen LogP contribution in [0.2, 0.25) is 0 Å². The molecule has 0 saturated carbocycles. The number of benzene rings is 2. The summed E-state index contributed by atoms with van der Waals surface area (Å²) >= 11 is 1.51. The van der Waals surface area contributed by atoms with Crippen molar-refractivity contribution < 1.29 is 4.74 Å². The number of aromatic nitrogens is 2. The van der Waals surface area contributed by atoms with E-state index < -0.39 is 0 Å². The van der Waals surface area contributed by atoms with Gasteiger partial charge in [-0.25, -0.2) is 4.98 Å². The second-order valence-corrected chi connectivity index (χ2v) is 6.76. The largest absolute Gasteiger partial charge is 0.385 e. The highest BCUT2D eigenvalue weighted by atomic mass is 32.2. The van der Waals surface area contributed by atoms with E-state index in [1.807, 2.05) is 42.5 Å². The SMILES string of the molecule is COCCCn1c(SCc2cccc(C#N)c2)nc2ccccc2c1=O.